The van der Waals surface area contributed by atoms with Crippen LogP contribution in [0.4, 0.5) is 0 Å². The third-order valence-electron chi connectivity index (χ3n) is 2.03. The lowest BCUT2D eigenvalue weighted by Crippen LogP contribution is -2.07. The van der Waals surface area contributed by atoms with E-state index in [4.69, 9.17) is 9.84 Å². The summed E-state index contributed by atoms with van der Waals surface area (Å²) in [6, 6.07) is 7.33. The molecule has 1 aromatic carbocycles. The van der Waals surface area contributed by atoms with E-state index in [0.29, 0.717) is 10.6 Å². The van der Waals surface area contributed by atoms with Crippen molar-refractivity contribution in [3.8, 4) is 5.75 Å². The van der Waals surface area contributed by atoms with Crippen molar-refractivity contribution in [1.82, 2.24) is 0 Å². The van der Waals surface area contributed by atoms with Gasteiger partial charge in [0.25, 0.3) is 0 Å². The molecule has 0 heterocycles. The van der Waals surface area contributed by atoms with Gasteiger partial charge in [-0.3, -0.25) is 0 Å². The first kappa shape index (κ1) is 11.5. The van der Waals surface area contributed by atoms with Crippen LogP contribution in [0.25, 0.3) is 0 Å². The van der Waals surface area contributed by atoms with Crippen LogP contribution in [0.1, 0.15) is 12.0 Å². The smallest absolute Gasteiger partial charge is 0.115 e. The summed E-state index contributed by atoms with van der Waals surface area (Å²) in [5.41, 5.74) is 1.24. The summed E-state index contributed by atoms with van der Waals surface area (Å²) in [7, 11) is 1.70. The van der Waals surface area contributed by atoms with Crippen LogP contribution in [0.3, 0.4) is 0 Å². The number of halogens is 1. The van der Waals surface area contributed by atoms with Crippen molar-refractivity contribution in [3.63, 3.8) is 0 Å². The summed E-state index contributed by atoms with van der Waals surface area (Å²) >= 11 is 3.54. The Morgan fingerprint density at radius 1 is 1.36 bits per heavy atom. The zero-order valence-corrected chi connectivity index (χ0v) is 9.83. The van der Waals surface area contributed by atoms with Crippen molar-refractivity contribution in [2.45, 2.75) is 17.7 Å². The van der Waals surface area contributed by atoms with Gasteiger partial charge in [-0.1, -0.05) is 28.1 Å². The zero-order chi connectivity index (χ0) is 10.4. The van der Waals surface area contributed by atoms with Gasteiger partial charge in [0.1, 0.15) is 5.75 Å². The minimum atomic E-state index is 0.320. The topological polar surface area (TPSA) is 29.5 Å². The zero-order valence-electron chi connectivity index (χ0n) is 8.24. The van der Waals surface area contributed by atoms with Crippen LogP contribution in [0.5, 0.6) is 5.75 Å². The lowest BCUT2D eigenvalue weighted by molar-refractivity contribution is 0.198. The van der Waals surface area contributed by atoms with Gasteiger partial charge in [0, 0.05) is 11.9 Å². The molecule has 1 unspecified atom stereocenters. The van der Waals surface area contributed by atoms with E-state index < -0.39 is 0 Å². The molecule has 78 valence electrons. The lowest BCUT2D eigenvalue weighted by Gasteiger charge is -2.07. The Bertz CT molecular complexity index is 258. The number of hydrogen-bond donors (Lipinski definition) is 1. The van der Waals surface area contributed by atoms with Gasteiger partial charge >= 0.3 is 0 Å². The number of aromatic hydroxyl groups is 1. The summed E-state index contributed by atoms with van der Waals surface area (Å²) in [5, 5.41) is 9.09. The number of methoxy groups -OCH3 is 1. The minimum absolute atomic E-state index is 0.320. The van der Waals surface area contributed by atoms with E-state index in [1.807, 2.05) is 12.1 Å². The molecule has 0 aliphatic carbocycles. The Balaban J connectivity index is 2.34. The normalized spacial score (nSPS) is 12.7. The Labute approximate surface area is 93.0 Å². The van der Waals surface area contributed by atoms with E-state index in [2.05, 4.69) is 15.9 Å². The molecule has 0 aliphatic rings. The van der Waals surface area contributed by atoms with Crippen molar-refractivity contribution in [3.05, 3.63) is 29.8 Å². The van der Waals surface area contributed by atoms with Gasteiger partial charge in [-0.05, 0) is 30.5 Å². The van der Waals surface area contributed by atoms with Gasteiger partial charge in [-0.25, -0.2) is 0 Å². The van der Waals surface area contributed by atoms with Crippen LogP contribution in [0, 0.1) is 0 Å². The number of phenols is 1. The van der Waals surface area contributed by atoms with E-state index >= 15 is 0 Å². The molecule has 0 bridgehead atoms. The van der Waals surface area contributed by atoms with Gasteiger partial charge in [-0.2, -0.15) is 0 Å². The fraction of sp³-hybridized carbons (Fsp3) is 0.455. The maximum absolute atomic E-state index is 9.09. The number of alkyl halides is 1. The van der Waals surface area contributed by atoms with Gasteiger partial charge in [0.2, 0.25) is 0 Å². The fourth-order valence-corrected chi connectivity index (χ4v) is 1.74. The molecule has 1 aromatic rings. The van der Waals surface area contributed by atoms with Gasteiger partial charge in [-0.15, -0.1) is 0 Å². The molecule has 0 saturated heterocycles. The highest BCUT2D eigenvalue weighted by molar-refractivity contribution is 9.09. The molecular weight excluding hydrogens is 244 g/mol. The Hall–Kier alpha value is -0.540. The molecular formula is C11H15BrO2. The van der Waals surface area contributed by atoms with Crippen LogP contribution in [-0.4, -0.2) is 23.7 Å². The third kappa shape index (κ3) is 4.11. The molecule has 0 aromatic heterocycles. The fourth-order valence-electron chi connectivity index (χ4n) is 1.25. The van der Waals surface area contributed by atoms with Crippen LogP contribution in [0.2, 0.25) is 0 Å². The first-order valence-corrected chi connectivity index (χ1v) is 5.55. The van der Waals surface area contributed by atoms with Crippen molar-refractivity contribution >= 4 is 15.9 Å². The second kappa shape index (κ2) is 6.04. The molecule has 0 saturated carbocycles. The maximum atomic E-state index is 9.09. The first-order valence-electron chi connectivity index (χ1n) is 4.63. The highest BCUT2D eigenvalue weighted by Gasteiger charge is 2.03. The summed E-state index contributed by atoms with van der Waals surface area (Å²) in [6.45, 7) is 0.734. The lowest BCUT2D eigenvalue weighted by atomic mass is 10.1. The van der Waals surface area contributed by atoms with Gasteiger partial charge in [0.05, 0.1) is 6.61 Å². The molecule has 1 atom stereocenters. The average Bonchev–Trinajstić information content (AvgIpc) is 2.17. The molecule has 0 aliphatic heterocycles. The van der Waals surface area contributed by atoms with Crippen molar-refractivity contribution in [1.29, 1.82) is 0 Å². The van der Waals surface area contributed by atoms with E-state index in [9.17, 15) is 0 Å². The molecule has 0 spiro atoms. The Kier molecular flexibility index (Phi) is 4.98. The van der Waals surface area contributed by atoms with E-state index in [-0.39, 0.29) is 0 Å². The number of hydrogen-bond acceptors (Lipinski definition) is 2. The molecule has 1 N–H and O–H groups in total. The quantitative estimate of drug-likeness (QED) is 0.824. The highest BCUT2D eigenvalue weighted by atomic mass is 79.9. The van der Waals surface area contributed by atoms with E-state index in [0.717, 1.165) is 19.4 Å². The number of ether oxygens (including phenoxy) is 1. The predicted molar refractivity (Wildman–Crippen MR) is 61.0 cm³/mol. The largest absolute Gasteiger partial charge is 0.508 e. The predicted octanol–water partition coefficient (Wildman–Crippen LogP) is 2.73. The molecule has 0 fully saturated rings. The van der Waals surface area contributed by atoms with Crippen LogP contribution in [-0.2, 0) is 11.2 Å². The SMILES string of the molecule is COCC(Br)CCc1ccc(O)cc1. The summed E-state index contributed by atoms with van der Waals surface area (Å²) in [4.78, 5) is 0.404. The Morgan fingerprint density at radius 2 is 2.00 bits per heavy atom. The Morgan fingerprint density at radius 3 is 2.57 bits per heavy atom. The van der Waals surface area contributed by atoms with E-state index in [1.165, 1.54) is 5.56 Å². The van der Waals surface area contributed by atoms with Gasteiger partial charge < -0.3 is 9.84 Å². The van der Waals surface area contributed by atoms with E-state index in [1.54, 1.807) is 19.2 Å². The molecule has 14 heavy (non-hydrogen) atoms. The minimum Gasteiger partial charge on any atom is -0.508 e. The molecule has 0 radical (unpaired) electrons. The van der Waals surface area contributed by atoms with Crippen LogP contribution < -0.4 is 0 Å². The highest BCUT2D eigenvalue weighted by Crippen LogP contribution is 2.14. The maximum Gasteiger partial charge on any atom is 0.115 e. The molecule has 0 amide bonds. The summed E-state index contributed by atoms with van der Waals surface area (Å²) in [6.07, 6.45) is 2.04. The van der Waals surface area contributed by atoms with Crippen LogP contribution in [0.15, 0.2) is 24.3 Å². The molecule has 3 heteroatoms. The standard InChI is InChI=1S/C11H15BrO2/c1-14-8-10(12)5-2-9-3-6-11(13)7-4-9/h3-4,6-7,10,13H,2,5,8H2,1H3. The van der Waals surface area contributed by atoms with Gasteiger partial charge in [0.15, 0.2) is 0 Å². The van der Waals surface area contributed by atoms with Crippen LogP contribution >= 0.6 is 15.9 Å². The summed E-state index contributed by atoms with van der Waals surface area (Å²) < 4.78 is 5.02. The molecule has 2 nitrogen and oxygen atoms in total. The second-order valence-corrected chi connectivity index (χ2v) is 4.55. The number of phenolic OH excluding ortho intramolecular Hbond substituents is 1. The monoisotopic (exact) mass is 258 g/mol. The first-order chi connectivity index (χ1) is 6.72. The van der Waals surface area contributed by atoms with Crippen molar-refractivity contribution in [2.75, 3.05) is 13.7 Å². The number of rotatable bonds is 5. The number of benzene rings is 1. The van der Waals surface area contributed by atoms with Crippen molar-refractivity contribution < 1.29 is 9.84 Å². The second-order valence-electron chi connectivity index (χ2n) is 3.26. The average molecular weight is 259 g/mol. The number of aryl methyl sites for hydroxylation is 1. The molecule has 1 rings (SSSR count). The third-order valence-corrected chi connectivity index (χ3v) is 2.75. The summed E-state index contributed by atoms with van der Waals surface area (Å²) in [5.74, 6) is 0.320. The van der Waals surface area contributed by atoms with Crippen molar-refractivity contribution in [2.24, 2.45) is 0 Å².